The first kappa shape index (κ1) is 18.9. The molecule has 1 heterocycles. The highest BCUT2D eigenvalue weighted by Gasteiger charge is 2.21. The second-order valence-electron chi connectivity index (χ2n) is 6.69. The number of thiazole rings is 1. The Morgan fingerprint density at radius 1 is 1.31 bits per heavy atom. The first-order valence-electron chi connectivity index (χ1n) is 9.11. The largest absolute Gasteiger partial charge is 0.507 e. The monoisotopic (exact) mass is 408 g/mol. The van der Waals surface area contributed by atoms with Gasteiger partial charge in [0.25, 0.3) is 5.91 Å². The van der Waals surface area contributed by atoms with Crippen LogP contribution in [-0.4, -0.2) is 35.1 Å². The molecule has 1 aromatic heterocycles. The summed E-state index contributed by atoms with van der Waals surface area (Å²) in [6.07, 6.45) is 3.90. The highest BCUT2D eigenvalue weighted by Crippen LogP contribution is 2.27. The van der Waals surface area contributed by atoms with Crippen molar-refractivity contribution < 1.29 is 14.6 Å². The number of aromatic nitrogens is 1. The molecule has 0 saturated heterocycles. The van der Waals surface area contributed by atoms with Crippen LogP contribution in [0.4, 0.5) is 0 Å². The molecule has 1 aliphatic rings. The number of primary amides is 1. The van der Waals surface area contributed by atoms with E-state index in [9.17, 15) is 9.90 Å². The maximum Gasteiger partial charge on any atom is 0.252 e. The molecule has 0 atom stereocenters. The van der Waals surface area contributed by atoms with Crippen LogP contribution in [0.2, 0.25) is 0 Å². The summed E-state index contributed by atoms with van der Waals surface area (Å²) in [5.41, 5.74) is 7.81. The number of hydrogen-bond acceptors (Lipinski definition) is 6. The van der Waals surface area contributed by atoms with Crippen molar-refractivity contribution in [3.63, 3.8) is 0 Å². The van der Waals surface area contributed by atoms with E-state index in [1.54, 1.807) is 30.1 Å². The molecule has 3 aromatic rings. The first-order chi connectivity index (χ1) is 14.0. The van der Waals surface area contributed by atoms with Gasteiger partial charge in [-0.3, -0.25) is 9.79 Å². The molecule has 29 heavy (non-hydrogen) atoms. The molecule has 2 aromatic carbocycles. The molecule has 0 unspecified atom stereocenters. The van der Waals surface area contributed by atoms with Gasteiger partial charge >= 0.3 is 0 Å². The molecule has 0 aliphatic heterocycles. The number of hydrogen-bond donors (Lipinski definition) is 2. The van der Waals surface area contributed by atoms with Crippen molar-refractivity contribution in [3.8, 4) is 22.8 Å². The Kier molecular flexibility index (Phi) is 5.18. The summed E-state index contributed by atoms with van der Waals surface area (Å²) in [4.78, 5) is 17.1. The number of carbonyl (C=O) groups excluding carboxylic acids is 1. The fourth-order valence-corrected chi connectivity index (χ4v) is 3.71. The van der Waals surface area contributed by atoms with E-state index in [2.05, 4.69) is 5.10 Å². The second-order valence-corrected chi connectivity index (χ2v) is 7.53. The molecule has 0 bridgehead atoms. The molecule has 4 rings (SSSR count). The molecule has 0 radical (unpaired) electrons. The molecule has 1 saturated carbocycles. The lowest BCUT2D eigenvalue weighted by atomic mass is 10.1. The number of phenols is 1. The van der Waals surface area contributed by atoms with Crippen LogP contribution in [-0.2, 0) is 0 Å². The minimum Gasteiger partial charge on any atom is -0.507 e. The second kappa shape index (κ2) is 7.92. The lowest BCUT2D eigenvalue weighted by Crippen LogP contribution is -2.14. The van der Waals surface area contributed by atoms with E-state index < -0.39 is 5.91 Å². The molecule has 3 N–H and O–H groups in total. The van der Waals surface area contributed by atoms with Crippen LogP contribution >= 0.6 is 11.3 Å². The van der Waals surface area contributed by atoms with Crippen molar-refractivity contribution in [2.75, 3.05) is 7.11 Å². The highest BCUT2D eigenvalue weighted by molar-refractivity contribution is 7.07. The zero-order valence-corrected chi connectivity index (χ0v) is 16.6. The van der Waals surface area contributed by atoms with E-state index in [0.29, 0.717) is 11.6 Å². The zero-order chi connectivity index (χ0) is 20.4. The number of rotatable bonds is 6. The Morgan fingerprint density at radius 3 is 2.86 bits per heavy atom. The lowest BCUT2D eigenvalue weighted by molar-refractivity contribution is 0.0998. The molecule has 1 amide bonds. The number of methoxy groups -OCH3 is 1. The van der Waals surface area contributed by atoms with Crippen molar-refractivity contribution in [1.82, 2.24) is 4.68 Å². The van der Waals surface area contributed by atoms with E-state index in [-0.39, 0.29) is 11.3 Å². The van der Waals surface area contributed by atoms with Crippen molar-refractivity contribution in [2.45, 2.75) is 18.9 Å². The van der Waals surface area contributed by atoms with Gasteiger partial charge in [0.05, 0.1) is 30.6 Å². The Bertz CT molecular complexity index is 1160. The number of aromatic hydroxyl groups is 1. The van der Waals surface area contributed by atoms with Gasteiger partial charge in [-0.15, -0.1) is 11.3 Å². The summed E-state index contributed by atoms with van der Waals surface area (Å²) in [6.45, 7) is 0. The fourth-order valence-electron chi connectivity index (χ4n) is 2.80. The average molecular weight is 408 g/mol. The van der Waals surface area contributed by atoms with Crippen LogP contribution in [0.1, 0.15) is 28.8 Å². The number of nitrogens with zero attached hydrogens (tertiary/aromatic N) is 3. The van der Waals surface area contributed by atoms with Crippen LogP contribution < -0.4 is 15.3 Å². The molecule has 0 spiro atoms. The van der Waals surface area contributed by atoms with Crippen molar-refractivity contribution in [3.05, 3.63) is 63.8 Å². The number of carbonyl (C=O) groups is 1. The minimum atomic E-state index is -0.686. The third-order valence-corrected chi connectivity index (χ3v) is 5.33. The van der Waals surface area contributed by atoms with E-state index in [4.69, 9.17) is 15.5 Å². The number of amides is 1. The summed E-state index contributed by atoms with van der Waals surface area (Å²) in [6, 6.07) is 12.7. The maximum absolute atomic E-state index is 11.6. The highest BCUT2D eigenvalue weighted by atomic mass is 32.1. The summed E-state index contributed by atoms with van der Waals surface area (Å²) in [7, 11) is 1.62. The molecular weight excluding hydrogens is 388 g/mol. The maximum atomic E-state index is 11.6. The van der Waals surface area contributed by atoms with E-state index in [1.807, 2.05) is 29.6 Å². The van der Waals surface area contributed by atoms with E-state index in [1.165, 1.54) is 17.4 Å². The third kappa shape index (κ3) is 4.22. The van der Waals surface area contributed by atoms with Gasteiger partial charge in [-0.05, 0) is 48.7 Å². The molecule has 148 valence electrons. The van der Waals surface area contributed by atoms with Crippen LogP contribution in [0, 0.1) is 0 Å². The SMILES string of the molecule is COc1cccc(/C=N/n2c(-c3ccc(O)c(C(N)=O)c3)csc2=NC2CC2)c1. The predicted octanol–water partition coefficient (Wildman–Crippen LogP) is 2.98. The van der Waals surface area contributed by atoms with E-state index >= 15 is 0 Å². The van der Waals surface area contributed by atoms with Crippen molar-refractivity contribution in [1.29, 1.82) is 0 Å². The van der Waals surface area contributed by atoms with Crippen LogP contribution in [0.25, 0.3) is 11.3 Å². The predicted molar refractivity (Wildman–Crippen MR) is 112 cm³/mol. The number of ether oxygens (including phenoxy) is 1. The average Bonchev–Trinajstić information content (AvgIpc) is 3.45. The van der Waals surface area contributed by atoms with Gasteiger partial charge in [-0.1, -0.05) is 12.1 Å². The number of benzene rings is 2. The zero-order valence-electron chi connectivity index (χ0n) is 15.8. The first-order valence-corrected chi connectivity index (χ1v) is 9.99. The Labute approximate surface area is 171 Å². The standard InChI is InChI=1S/C21H20N4O3S/c1-28-16-4-2-3-13(9-16)11-23-25-18(12-29-21(25)24-15-6-7-15)14-5-8-19(26)17(10-14)20(22)27/h2-5,8-12,15,26H,6-7H2,1H3,(H2,22,27)/b23-11+,24-21?. The molecule has 1 fully saturated rings. The summed E-state index contributed by atoms with van der Waals surface area (Å²) in [5, 5.41) is 16.5. The fraction of sp³-hybridized carbons (Fsp3) is 0.190. The Hall–Kier alpha value is -3.39. The van der Waals surface area contributed by atoms with Crippen LogP contribution in [0.5, 0.6) is 11.5 Å². The minimum absolute atomic E-state index is 0.0673. The van der Waals surface area contributed by atoms with Crippen molar-refractivity contribution in [2.24, 2.45) is 15.8 Å². The Balaban J connectivity index is 1.80. The summed E-state index contributed by atoms with van der Waals surface area (Å²) >= 11 is 1.48. The van der Waals surface area contributed by atoms with Gasteiger partial charge in [-0.25, -0.2) is 4.68 Å². The van der Waals surface area contributed by atoms with Gasteiger partial charge in [0, 0.05) is 10.9 Å². The molecule has 8 heteroatoms. The van der Waals surface area contributed by atoms with Gasteiger partial charge < -0.3 is 15.6 Å². The molecule has 7 nitrogen and oxygen atoms in total. The summed E-state index contributed by atoms with van der Waals surface area (Å²) < 4.78 is 7.01. The Morgan fingerprint density at radius 2 is 2.14 bits per heavy atom. The van der Waals surface area contributed by atoms with Gasteiger partial charge in [0.15, 0.2) is 0 Å². The van der Waals surface area contributed by atoms with Gasteiger partial charge in [0.1, 0.15) is 11.5 Å². The third-order valence-electron chi connectivity index (χ3n) is 4.50. The van der Waals surface area contributed by atoms with Crippen LogP contribution in [0.15, 0.2) is 57.9 Å². The van der Waals surface area contributed by atoms with Crippen molar-refractivity contribution >= 4 is 23.5 Å². The summed E-state index contributed by atoms with van der Waals surface area (Å²) in [5.74, 6) is -0.0864. The van der Waals surface area contributed by atoms with Crippen LogP contribution in [0.3, 0.4) is 0 Å². The number of nitrogens with two attached hydrogens (primary N) is 1. The normalized spacial score (nSPS) is 14.4. The van der Waals surface area contributed by atoms with E-state index in [0.717, 1.165) is 34.6 Å². The quantitative estimate of drug-likeness (QED) is 0.613. The lowest BCUT2D eigenvalue weighted by Gasteiger charge is -2.07. The topological polar surface area (TPSA) is 102 Å². The van der Waals surface area contributed by atoms with Gasteiger partial charge in [0.2, 0.25) is 4.80 Å². The molecule has 1 aliphatic carbocycles. The van der Waals surface area contributed by atoms with Gasteiger partial charge in [-0.2, -0.15) is 5.10 Å². The molecular formula is C21H20N4O3S. The smallest absolute Gasteiger partial charge is 0.252 e.